The lowest BCUT2D eigenvalue weighted by Gasteiger charge is -2.17. The van der Waals surface area contributed by atoms with E-state index in [0.717, 1.165) is 4.70 Å². The summed E-state index contributed by atoms with van der Waals surface area (Å²) in [5, 5.41) is 11.5. The van der Waals surface area contributed by atoms with Gasteiger partial charge in [-0.05, 0) is 55.5 Å². The first-order chi connectivity index (χ1) is 15.8. The average molecular weight is 464 g/mol. The number of benzene rings is 2. The number of aliphatic hydroxyl groups excluding tert-OH is 1. The molecule has 5 rings (SSSR count). The molecule has 0 saturated carbocycles. The minimum Gasteiger partial charge on any atom is -0.507 e. The SMILES string of the molecule is Cc1cc(/C(O)=C2\C(=O)C(=O)N(c3[nH+]c4ccc(N)cc4s3)C2c2ccccc2F)c(C)o1. The number of aromatic amines is 1. The van der Waals surface area contributed by atoms with Crippen LogP contribution in [-0.4, -0.2) is 16.8 Å². The number of thiazole rings is 1. The molecule has 1 amide bonds. The van der Waals surface area contributed by atoms with Gasteiger partial charge in [0.15, 0.2) is 6.04 Å². The summed E-state index contributed by atoms with van der Waals surface area (Å²) in [6, 6.07) is 11.5. The number of aromatic nitrogens is 1. The van der Waals surface area contributed by atoms with Gasteiger partial charge < -0.3 is 15.3 Å². The first kappa shape index (κ1) is 20.9. The zero-order valence-electron chi connectivity index (χ0n) is 17.7. The van der Waals surface area contributed by atoms with Crippen molar-refractivity contribution in [3.05, 3.63) is 82.6 Å². The van der Waals surface area contributed by atoms with Crippen LogP contribution in [0.1, 0.15) is 28.7 Å². The summed E-state index contributed by atoms with van der Waals surface area (Å²) >= 11 is 1.21. The number of anilines is 2. The van der Waals surface area contributed by atoms with E-state index < -0.39 is 29.3 Å². The Morgan fingerprint density at radius 3 is 2.64 bits per heavy atom. The Morgan fingerprint density at radius 1 is 1.18 bits per heavy atom. The van der Waals surface area contributed by atoms with Crippen LogP contribution in [-0.2, 0) is 9.59 Å². The van der Waals surface area contributed by atoms with Gasteiger partial charge in [-0.25, -0.2) is 14.2 Å². The third-order valence-corrected chi connectivity index (χ3v) is 6.66. The number of carbonyl (C=O) groups is 2. The molecule has 166 valence electrons. The molecule has 1 fully saturated rings. The minimum atomic E-state index is -1.18. The van der Waals surface area contributed by atoms with Gasteiger partial charge >= 0.3 is 11.0 Å². The number of aryl methyl sites for hydroxylation is 2. The molecule has 7 nitrogen and oxygen atoms in total. The Labute approximate surface area is 191 Å². The minimum absolute atomic E-state index is 0.0847. The lowest BCUT2D eigenvalue weighted by Crippen LogP contribution is -2.32. The number of nitrogens with one attached hydrogen (secondary N) is 1. The fourth-order valence-electron chi connectivity index (χ4n) is 4.13. The van der Waals surface area contributed by atoms with Crippen LogP contribution in [0, 0.1) is 19.7 Å². The Kier molecular flexibility index (Phi) is 4.79. The highest BCUT2D eigenvalue weighted by molar-refractivity contribution is 7.21. The van der Waals surface area contributed by atoms with Crippen molar-refractivity contribution in [3.63, 3.8) is 0 Å². The molecule has 1 aliphatic rings. The van der Waals surface area contributed by atoms with Crippen molar-refractivity contribution in [3.8, 4) is 0 Å². The number of rotatable bonds is 3. The molecule has 1 saturated heterocycles. The molecule has 1 unspecified atom stereocenters. The Hall–Kier alpha value is -3.98. The fraction of sp³-hybridized carbons (Fsp3) is 0.125. The topological polar surface area (TPSA) is 111 Å². The highest BCUT2D eigenvalue weighted by atomic mass is 32.1. The standard InChI is InChI=1S/C24H18FN3O4S/c1-11-9-15(12(2)32-11)21(29)19-20(14-5-3-4-6-16(14)25)28(23(31)22(19)30)24-27-17-8-7-13(26)10-18(17)33-24/h3-10,20,29H,26H2,1-2H3/p+1/b21-19+. The summed E-state index contributed by atoms with van der Waals surface area (Å²) in [5.74, 6) is -1.90. The number of amides is 1. The normalized spacial score (nSPS) is 17.9. The van der Waals surface area contributed by atoms with Gasteiger partial charge in [-0.2, -0.15) is 4.90 Å². The van der Waals surface area contributed by atoms with E-state index in [9.17, 15) is 19.1 Å². The lowest BCUT2D eigenvalue weighted by atomic mass is 9.95. The van der Waals surface area contributed by atoms with Gasteiger partial charge in [0.05, 0.1) is 15.8 Å². The molecule has 0 bridgehead atoms. The molecule has 4 N–H and O–H groups in total. The van der Waals surface area contributed by atoms with Crippen molar-refractivity contribution in [2.75, 3.05) is 10.6 Å². The second kappa shape index (κ2) is 7.56. The highest BCUT2D eigenvalue weighted by Crippen LogP contribution is 2.44. The smallest absolute Gasteiger partial charge is 0.383 e. The number of halogens is 1. The second-order valence-corrected chi connectivity index (χ2v) is 8.84. The molecule has 33 heavy (non-hydrogen) atoms. The van der Waals surface area contributed by atoms with Crippen molar-refractivity contribution in [2.24, 2.45) is 0 Å². The molecule has 4 aromatic rings. The maximum absolute atomic E-state index is 15.0. The molecule has 0 aliphatic carbocycles. The molecule has 9 heteroatoms. The Bertz CT molecular complexity index is 1490. The van der Waals surface area contributed by atoms with Crippen LogP contribution in [0.2, 0.25) is 0 Å². The molecule has 2 aromatic carbocycles. The fourth-order valence-corrected chi connectivity index (χ4v) is 5.21. The van der Waals surface area contributed by atoms with E-state index in [4.69, 9.17) is 10.2 Å². The summed E-state index contributed by atoms with van der Waals surface area (Å²) < 4.78 is 21.2. The Balaban J connectivity index is 1.77. The molecular weight excluding hydrogens is 445 g/mol. The van der Waals surface area contributed by atoms with Gasteiger partial charge in [-0.15, -0.1) is 0 Å². The predicted molar refractivity (Wildman–Crippen MR) is 122 cm³/mol. The van der Waals surface area contributed by atoms with Crippen molar-refractivity contribution >= 4 is 49.8 Å². The first-order valence-electron chi connectivity index (χ1n) is 10.1. The van der Waals surface area contributed by atoms with E-state index in [-0.39, 0.29) is 16.7 Å². The maximum Gasteiger partial charge on any atom is 0.383 e. The number of Topliss-reactive ketones (excluding diaryl/α,β-unsaturated/α-hetero) is 1. The van der Waals surface area contributed by atoms with E-state index in [0.29, 0.717) is 27.9 Å². The summed E-state index contributed by atoms with van der Waals surface area (Å²) in [6.45, 7) is 3.34. The number of hydrogen-bond acceptors (Lipinski definition) is 6. The van der Waals surface area contributed by atoms with Crippen molar-refractivity contribution < 1.29 is 28.5 Å². The number of nitrogen functional groups attached to an aromatic ring is 1. The van der Waals surface area contributed by atoms with E-state index in [2.05, 4.69) is 4.98 Å². The van der Waals surface area contributed by atoms with Crippen LogP contribution in [0.25, 0.3) is 16.0 Å². The summed E-state index contributed by atoms with van der Waals surface area (Å²) in [7, 11) is 0. The van der Waals surface area contributed by atoms with Crippen LogP contribution in [0.4, 0.5) is 15.2 Å². The predicted octanol–water partition coefficient (Wildman–Crippen LogP) is 4.27. The van der Waals surface area contributed by atoms with Gasteiger partial charge in [0.1, 0.15) is 28.6 Å². The van der Waals surface area contributed by atoms with Gasteiger partial charge in [0.2, 0.25) is 0 Å². The highest BCUT2D eigenvalue weighted by Gasteiger charge is 2.54. The molecule has 1 atom stereocenters. The summed E-state index contributed by atoms with van der Waals surface area (Å²) in [4.78, 5) is 30.7. The third-order valence-electron chi connectivity index (χ3n) is 5.61. The second-order valence-electron chi connectivity index (χ2n) is 7.81. The molecule has 1 aliphatic heterocycles. The summed E-state index contributed by atoms with van der Waals surface area (Å²) in [6.07, 6.45) is 0. The van der Waals surface area contributed by atoms with Gasteiger partial charge in [-0.1, -0.05) is 18.2 Å². The molecule has 3 heterocycles. The van der Waals surface area contributed by atoms with E-state index in [1.165, 1.54) is 34.4 Å². The molecule has 0 spiro atoms. The van der Waals surface area contributed by atoms with E-state index >= 15 is 0 Å². The lowest BCUT2D eigenvalue weighted by molar-refractivity contribution is -0.324. The average Bonchev–Trinajstić information content (AvgIpc) is 3.41. The first-order valence-corrected chi connectivity index (χ1v) is 10.9. The molecule has 2 aromatic heterocycles. The van der Waals surface area contributed by atoms with Crippen molar-refractivity contribution in [2.45, 2.75) is 19.9 Å². The number of fused-ring (bicyclic) bond motifs is 1. The molecular formula is C24H19FN3O4S+. The van der Waals surface area contributed by atoms with Crippen molar-refractivity contribution in [1.29, 1.82) is 0 Å². The van der Waals surface area contributed by atoms with Crippen LogP contribution >= 0.6 is 11.3 Å². The largest absolute Gasteiger partial charge is 0.507 e. The molecule has 0 radical (unpaired) electrons. The number of H-pyrrole nitrogens is 1. The third kappa shape index (κ3) is 3.28. The monoisotopic (exact) mass is 464 g/mol. The van der Waals surface area contributed by atoms with Crippen LogP contribution < -0.4 is 15.6 Å². The number of hydrogen-bond donors (Lipinski definition) is 2. The van der Waals surface area contributed by atoms with Gasteiger partial charge in [-0.3, -0.25) is 4.79 Å². The van der Waals surface area contributed by atoms with Crippen LogP contribution in [0.5, 0.6) is 0 Å². The number of aliphatic hydroxyl groups is 1. The number of carbonyl (C=O) groups excluding carboxylic acids is 2. The zero-order chi connectivity index (χ0) is 23.4. The zero-order valence-corrected chi connectivity index (χ0v) is 18.5. The van der Waals surface area contributed by atoms with Gasteiger partial charge in [0, 0.05) is 11.3 Å². The van der Waals surface area contributed by atoms with Gasteiger partial charge in [0.25, 0.3) is 5.78 Å². The maximum atomic E-state index is 15.0. The van der Waals surface area contributed by atoms with Crippen molar-refractivity contribution in [1.82, 2.24) is 0 Å². The van der Waals surface area contributed by atoms with E-state index in [1.807, 2.05) is 0 Å². The number of nitrogens with two attached hydrogens (primary N) is 1. The number of nitrogens with zero attached hydrogens (tertiary/aromatic N) is 1. The quantitative estimate of drug-likeness (QED) is 0.204. The van der Waals surface area contributed by atoms with Crippen LogP contribution in [0.3, 0.4) is 0 Å². The Morgan fingerprint density at radius 2 is 1.94 bits per heavy atom. The van der Waals surface area contributed by atoms with Crippen LogP contribution in [0.15, 0.2) is 58.5 Å². The number of ketones is 1. The van der Waals surface area contributed by atoms with E-state index in [1.54, 1.807) is 44.2 Å². The number of furan rings is 1. The summed E-state index contributed by atoms with van der Waals surface area (Å²) in [5.41, 5.74) is 7.28.